The molecule has 1 heterocycles. The summed E-state index contributed by atoms with van der Waals surface area (Å²) in [7, 11) is 0. The van der Waals surface area contributed by atoms with E-state index in [1.54, 1.807) is 0 Å². The molecule has 27 heavy (non-hydrogen) atoms. The van der Waals surface area contributed by atoms with E-state index in [1.165, 1.54) is 0 Å². The Balaban J connectivity index is 1.89. The fourth-order valence-corrected chi connectivity index (χ4v) is 3.07. The number of benzene rings is 3. The Bertz CT molecular complexity index is 916. The minimum Gasteiger partial charge on any atom is -0.399 e. The number of aromatic nitrogens is 1. The van der Waals surface area contributed by atoms with Crippen LogP contribution in [0.15, 0.2) is 84.9 Å². The Morgan fingerprint density at radius 3 is 1.37 bits per heavy atom. The summed E-state index contributed by atoms with van der Waals surface area (Å²) in [5.74, 6) is 0. The molecule has 0 aliphatic carbocycles. The molecule has 0 fully saturated rings. The van der Waals surface area contributed by atoms with Gasteiger partial charge in [-0.1, -0.05) is 48.0 Å². The third kappa shape index (κ3) is 3.78. The maximum atomic E-state index is 6.05. The van der Waals surface area contributed by atoms with Gasteiger partial charge < -0.3 is 11.5 Å². The fraction of sp³-hybridized carbons (Fsp3) is 0. The highest BCUT2D eigenvalue weighted by Gasteiger charge is 2.09. The molecule has 4 aromatic rings. The Morgan fingerprint density at radius 2 is 0.926 bits per heavy atom. The average Bonchev–Trinajstić information content (AvgIpc) is 2.69. The first-order valence-electron chi connectivity index (χ1n) is 8.58. The van der Waals surface area contributed by atoms with E-state index in [4.69, 9.17) is 28.1 Å². The molecule has 132 valence electrons. The summed E-state index contributed by atoms with van der Waals surface area (Å²) in [4.78, 5) is 4.87. The zero-order chi connectivity index (χ0) is 18.8. The topological polar surface area (TPSA) is 64.9 Å². The van der Waals surface area contributed by atoms with Crippen LogP contribution in [0.5, 0.6) is 0 Å². The van der Waals surface area contributed by atoms with Crippen LogP contribution in [0, 0.1) is 0 Å². The molecule has 0 radical (unpaired) electrons. The van der Waals surface area contributed by atoms with E-state index in [0.29, 0.717) is 5.02 Å². The predicted octanol–water partition coefficient (Wildman–Crippen LogP) is 5.90. The second-order valence-electron chi connectivity index (χ2n) is 6.38. The van der Waals surface area contributed by atoms with E-state index in [-0.39, 0.29) is 0 Å². The van der Waals surface area contributed by atoms with Gasteiger partial charge >= 0.3 is 0 Å². The van der Waals surface area contributed by atoms with E-state index in [9.17, 15) is 0 Å². The van der Waals surface area contributed by atoms with Crippen molar-refractivity contribution >= 4 is 23.0 Å². The van der Waals surface area contributed by atoms with Gasteiger partial charge in [-0.2, -0.15) is 0 Å². The van der Waals surface area contributed by atoms with Gasteiger partial charge in [0.25, 0.3) is 0 Å². The lowest BCUT2D eigenvalue weighted by atomic mass is 10.00. The minimum atomic E-state index is 0.713. The molecule has 1 aromatic heterocycles. The van der Waals surface area contributed by atoms with Crippen LogP contribution in [0.4, 0.5) is 11.4 Å². The summed E-state index contributed by atoms with van der Waals surface area (Å²) in [6, 6.07) is 27.4. The molecule has 0 atom stereocenters. The molecule has 4 N–H and O–H groups in total. The SMILES string of the molecule is Nc1ccc(-c2cc(-c3ccc(Cl)cc3)cc(-c3ccc(N)cc3)n2)cc1. The van der Waals surface area contributed by atoms with Crippen LogP contribution in [0.1, 0.15) is 0 Å². The molecular weight excluding hydrogens is 354 g/mol. The summed E-state index contributed by atoms with van der Waals surface area (Å²) in [6.45, 7) is 0. The normalized spacial score (nSPS) is 10.7. The third-order valence-corrected chi connectivity index (χ3v) is 4.67. The zero-order valence-electron chi connectivity index (χ0n) is 14.6. The van der Waals surface area contributed by atoms with E-state index in [1.807, 2.05) is 72.8 Å². The lowest BCUT2D eigenvalue weighted by Crippen LogP contribution is -1.92. The van der Waals surface area contributed by atoms with Crippen molar-refractivity contribution in [2.75, 3.05) is 11.5 Å². The summed E-state index contributed by atoms with van der Waals surface area (Å²) in [5.41, 5.74) is 19.1. The van der Waals surface area contributed by atoms with Crippen LogP contribution >= 0.6 is 11.6 Å². The maximum absolute atomic E-state index is 6.05. The summed E-state index contributed by atoms with van der Waals surface area (Å²) >= 11 is 6.05. The molecule has 4 rings (SSSR count). The lowest BCUT2D eigenvalue weighted by Gasteiger charge is -2.11. The predicted molar refractivity (Wildman–Crippen MR) is 114 cm³/mol. The van der Waals surface area contributed by atoms with Gasteiger partial charge in [0.1, 0.15) is 0 Å². The van der Waals surface area contributed by atoms with Crippen molar-refractivity contribution in [3.05, 3.63) is 90.0 Å². The molecule has 3 nitrogen and oxygen atoms in total. The van der Waals surface area contributed by atoms with Gasteiger partial charge in [0.2, 0.25) is 0 Å². The lowest BCUT2D eigenvalue weighted by molar-refractivity contribution is 1.32. The van der Waals surface area contributed by atoms with Gasteiger partial charge in [0.15, 0.2) is 0 Å². The van der Waals surface area contributed by atoms with Gasteiger partial charge in [-0.25, -0.2) is 4.98 Å². The van der Waals surface area contributed by atoms with Crippen molar-refractivity contribution in [1.29, 1.82) is 0 Å². The molecule has 0 aliphatic heterocycles. The van der Waals surface area contributed by atoms with Gasteiger partial charge in [-0.15, -0.1) is 0 Å². The van der Waals surface area contributed by atoms with Gasteiger partial charge in [-0.05, 0) is 59.7 Å². The first-order chi connectivity index (χ1) is 13.1. The number of nitrogen functional groups attached to an aromatic ring is 2. The average molecular weight is 372 g/mol. The van der Waals surface area contributed by atoms with Crippen molar-refractivity contribution in [3.8, 4) is 33.6 Å². The molecule has 3 aromatic carbocycles. The van der Waals surface area contributed by atoms with Crippen molar-refractivity contribution in [1.82, 2.24) is 4.98 Å². The largest absolute Gasteiger partial charge is 0.399 e. The standard InChI is InChI=1S/C23H18ClN3/c24-19-7-1-15(2-8-19)18-13-22(16-3-9-20(25)10-4-16)27-23(14-18)17-5-11-21(26)12-6-17/h1-14H,25-26H2. The summed E-state index contributed by atoms with van der Waals surface area (Å²) in [6.07, 6.45) is 0. The van der Waals surface area contributed by atoms with Gasteiger partial charge in [0.05, 0.1) is 11.4 Å². The number of nitrogens with zero attached hydrogens (tertiary/aromatic N) is 1. The monoisotopic (exact) mass is 371 g/mol. The van der Waals surface area contributed by atoms with Crippen LogP contribution in [-0.4, -0.2) is 4.98 Å². The van der Waals surface area contributed by atoms with Gasteiger partial charge in [0, 0.05) is 27.5 Å². The Morgan fingerprint density at radius 1 is 0.519 bits per heavy atom. The Labute approximate surface area is 163 Å². The van der Waals surface area contributed by atoms with Crippen molar-refractivity contribution in [2.24, 2.45) is 0 Å². The minimum absolute atomic E-state index is 0.713. The van der Waals surface area contributed by atoms with Crippen LogP contribution in [0.3, 0.4) is 0 Å². The smallest absolute Gasteiger partial charge is 0.0715 e. The fourth-order valence-electron chi connectivity index (χ4n) is 2.94. The number of rotatable bonds is 3. The Hall–Kier alpha value is -3.30. The van der Waals surface area contributed by atoms with Crippen LogP contribution in [-0.2, 0) is 0 Å². The molecule has 0 unspecified atom stereocenters. The molecule has 0 saturated heterocycles. The first-order valence-corrected chi connectivity index (χ1v) is 8.96. The van der Waals surface area contributed by atoms with E-state index >= 15 is 0 Å². The molecule has 4 heteroatoms. The molecule has 0 bridgehead atoms. The summed E-state index contributed by atoms with van der Waals surface area (Å²) in [5, 5.41) is 0.713. The van der Waals surface area contributed by atoms with Gasteiger partial charge in [-0.3, -0.25) is 0 Å². The van der Waals surface area contributed by atoms with Crippen molar-refractivity contribution in [2.45, 2.75) is 0 Å². The maximum Gasteiger partial charge on any atom is 0.0715 e. The van der Waals surface area contributed by atoms with E-state index in [0.717, 1.165) is 45.0 Å². The molecule has 0 saturated carbocycles. The number of halogens is 1. The number of nitrogens with two attached hydrogens (primary N) is 2. The van der Waals surface area contributed by atoms with E-state index in [2.05, 4.69) is 12.1 Å². The third-order valence-electron chi connectivity index (χ3n) is 4.42. The van der Waals surface area contributed by atoms with Crippen molar-refractivity contribution < 1.29 is 0 Å². The molecule has 0 amide bonds. The van der Waals surface area contributed by atoms with E-state index < -0.39 is 0 Å². The highest BCUT2D eigenvalue weighted by atomic mass is 35.5. The van der Waals surface area contributed by atoms with Crippen LogP contribution in [0.2, 0.25) is 5.02 Å². The molecule has 0 aliphatic rings. The van der Waals surface area contributed by atoms with Crippen LogP contribution < -0.4 is 11.5 Å². The zero-order valence-corrected chi connectivity index (χ0v) is 15.3. The Kier molecular flexibility index (Phi) is 4.53. The molecule has 0 spiro atoms. The number of hydrogen-bond acceptors (Lipinski definition) is 3. The number of pyridine rings is 1. The number of hydrogen-bond donors (Lipinski definition) is 2. The van der Waals surface area contributed by atoms with Crippen LogP contribution in [0.25, 0.3) is 33.6 Å². The quantitative estimate of drug-likeness (QED) is 0.440. The second kappa shape index (κ2) is 7.14. The highest BCUT2D eigenvalue weighted by molar-refractivity contribution is 6.30. The first kappa shape index (κ1) is 17.1. The van der Waals surface area contributed by atoms with Crippen molar-refractivity contribution in [3.63, 3.8) is 0 Å². The number of anilines is 2. The second-order valence-corrected chi connectivity index (χ2v) is 6.81. The summed E-state index contributed by atoms with van der Waals surface area (Å²) < 4.78 is 0. The molecular formula is C23H18ClN3. The highest BCUT2D eigenvalue weighted by Crippen LogP contribution is 2.31.